The molecule has 2 rings (SSSR count). The van der Waals surface area contributed by atoms with Crippen LogP contribution >= 0.6 is 0 Å². The number of hydrogen-bond donors (Lipinski definition) is 0. The number of amides is 1. The van der Waals surface area contributed by atoms with E-state index >= 15 is 0 Å². The second-order valence-electron chi connectivity index (χ2n) is 6.38. The summed E-state index contributed by atoms with van der Waals surface area (Å²) in [6, 6.07) is 3.92. The second-order valence-corrected chi connectivity index (χ2v) is 11.4. The molecule has 0 radical (unpaired) electrons. The quantitative estimate of drug-likeness (QED) is 0.806. The van der Waals surface area contributed by atoms with E-state index in [9.17, 15) is 4.79 Å². The predicted molar refractivity (Wildman–Crippen MR) is 87.3 cm³/mol. The number of benzene rings is 1. The molecule has 0 aromatic heterocycles. The third-order valence-corrected chi connectivity index (χ3v) is 5.71. The van der Waals surface area contributed by atoms with Crippen molar-refractivity contribution >= 4 is 20.1 Å². The molecule has 1 aromatic rings. The zero-order valence-electron chi connectivity index (χ0n) is 13.6. The summed E-state index contributed by atoms with van der Waals surface area (Å²) in [7, 11) is 3.39. The van der Waals surface area contributed by atoms with Gasteiger partial charge in [0, 0.05) is 18.8 Å². The summed E-state index contributed by atoms with van der Waals surface area (Å²) in [6.45, 7) is 7.15. The van der Waals surface area contributed by atoms with E-state index in [1.54, 1.807) is 19.1 Å². The molecule has 1 heterocycles. The van der Waals surface area contributed by atoms with E-state index in [1.165, 1.54) is 0 Å². The molecule has 0 aliphatic carbocycles. The van der Waals surface area contributed by atoms with Crippen LogP contribution in [-0.2, 0) is 11.3 Å². The summed E-state index contributed by atoms with van der Waals surface area (Å²) >= 11 is 0. The first-order valence-corrected chi connectivity index (χ1v) is 10.5. The number of carbonyl (C=O) groups excluding carboxylic acids is 1. The lowest BCUT2D eigenvalue weighted by Gasteiger charge is -2.23. The van der Waals surface area contributed by atoms with Gasteiger partial charge in [-0.2, -0.15) is 0 Å². The van der Waals surface area contributed by atoms with Crippen LogP contribution in [-0.4, -0.2) is 40.1 Å². The van der Waals surface area contributed by atoms with Gasteiger partial charge in [0.25, 0.3) is 0 Å². The molecular formula is C16H23NO3Si. The van der Waals surface area contributed by atoms with Crippen LogP contribution in [0.3, 0.4) is 0 Å². The minimum atomic E-state index is -1.71. The highest BCUT2D eigenvalue weighted by atomic mass is 28.3. The predicted octanol–water partition coefficient (Wildman–Crippen LogP) is 2.94. The smallest absolute Gasteiger partial charge is 0.245 e. The molecule has 1 aliphatic rings. The van der Waals surface area contributed by atoms with Crippen LogP contribution in [0.25, 0.3) is 6.08 Å². The minimum Gasteiger partial charge on any atom is -0.493 e. The monoisotopic (exact) mass is 305 g/mol. The number of rotatable bonds is 3. The molecule has 4 nitrogen and oxygen atoms in total. The van der Waals surface area contributed by atoms with Gasteiger partial charge in [-0.1, -0.05) is 19.6 Å². The van der Waals surface area contributed by atoms with Gasteiger partial charge in [0.15, 0.2) is 11.5 Å². The Balaban J connectivity index is 2.65. The summed E-state index contributed by atoms with van der Waals surface area (Å²) in [5.74, 6) is 1.52. The van der Waals surface area contributed by atoms with Crippen molar-refractivity contribution in [3.8, 4) is 11.5 Å². The Morgan fingerprint density at radius 1 is 1.10 bits per heavy atom. The molecule has 0 fully saturated rings. The summed E-state index contributed by atoms with van der Waals surface area (Å²) < 4.78 is 10.7. The van der Waals surface area contributed by atoms with Crippen molar-refractivity contribution in [2.75, 3.05) is 21.3 Å². The number of methoxy groups -OCH3 is 2. The SMILES string of the molecule is COc1cc2c(cc1OC)CN(C)C(=O)C([Si](C)(C)C)=C2. The molecule has 0 saturated heterocycles. The third kappa shape index (κ3) is 2.97. The molecule has 0 spiro atoms. The highest BCUT2D eigenvalue weighted by Gasteiger charge is 2.30. The number of likely N-dealkylation sites (N-methyl/N-ethyl adjacent to an activating group) is 1. The van der Waals surface area contributed by atoms with Crippen LogP contribution in [0.4, 0.5) is 0 Å². The molecule has 0 atom stereocenters. The first-order chi connectivity index (χ1) is 9.77. The van der Waals surface area contributed by atoms with Crippen molar-refractivity contribution in [1.82, 2.24) is 4.90 Å². The lowest BCUT2D eigenvalue weighted by Crippen LogP contribution is -2.36. The van der Waals surface area contributed by atoms with Gasteiger partial charge >= 0.3 is 0 Å². The molecule has 21 heavy (non-hydrogen) atoms. The third-order valence-electron chi connectivity index (χ3n) is 3.74. The van der Waals surface area contributed by atoms with Crippen molar-refractivity contribution < 1.29 is 14.3 Å². The van der Waals surface area contributed by atoms with Crippen LogP contribution in [0.2, 0.25) is 19.6 Å². The average molecular weight is 305 g/mol. The van der Waals surface area contributed by atoms with Gasteiger partial charge in [0.05, 0.1) is 22.3 Å². The van der Waals surface area contributed by atoms with Crippen LogP contribution in [0.1, 0.15) is 11.1 Å². The fourth-order valence-corrected chi connectivity index (χ4v) is 3.92. The molecule has 1 aliphatic heterocycles. The molecule has 1 aromatic carbocycles. The molecule has 1 amide bonds. The first kappa shape index (κ1) is 15.6. The Morgan fingerprint density at radius 3 is 2.19 bits per heavy atom. The van der Waals surface area contributed by atoms with Crippen LogP contribution in [0.5, 0.6) is 11.5 Å². The number of hydrogen-bond acceptors (Lipinski definition) is 3. The molecule has 0 unspecified atom stereocenters. The van der Waals surface area contributed by atoms with Crippen molar-refractivity contribution in [2.45, 2.75) is 26.2 Å². The van der Waals surface area contributed by atoms with Crippen LogP contribution in [0.15, 0.2) is 17.3 Å². The minimum absolute atomic E-state index is 0.128. The number of nitrogens with zero attached hydrogens (tertiary/aromatic N) is 1. The average Bonchev–Trinajstić information content (AvgIpc) is 2.54. The van der Waals surface area contributed by atoms with Crippen molar-refractivity contribution in [3.05, 3.63) is 28.5 Å². The fourth-order valence-electron chi connectivity index (χ4n) is 2.50. The molecule has 114 valence electrons. The zero-order chi connectivity index (χ0) is 15.8. The zero-order valence-corrected chi connectivity index (χ0v) is 14.6. The molecular weight excluding hydrogens is 282 g/mol. The van der Waals surface area contributed by atoms with Gasteiger partial charge in [-0.05, 0) is 29.3 Å². The van der Waals surface area contributed by atoms with Gasteiger partial charge in [0.2, 0.25) is 5.91 Å². The molecule has 0 N–H and O–H groups in total. The first-order valence-electron chi connectivity index (χ1n) is 7.00. The Kier molecular flexibility index (Phi) is 4.14. The van der Waals surface area contributed by atoms with Gasteiger partial charge < -0.3 is 14.4 Å². The number of fused-ring (bicyclic) bond motifs is 1. The molecule has 0 saturated carbocycles. The maximum Gasteiger partial charge on any atom is 0.245 e. The van der Waals surface area contributed by atoms with Crippen LogP contribution in [0, 0.1) is 0 Å². The van der Waals surface area contributed by atoms with E-state index in [-0.39, 0.29) is 5.91 Å². The number of ether oxygens (including phenoxy) is 2. The Hall–Kier alpha value is -1.75. The topological polar surface area (TPSA) is 38.8 Å². The molecule has 0 bridgehead atoms. The largest absolute Gasteiger partial charge is 0.493 e. The van der Waals surface area contributed by atoms with Crippen molar-refractivity contribution in [3.63, 3.8) is 0 Å². The highest BCUT2D eigenvalue weighted by molar-refractivity contribution is 6.87. The second kappa shape index (κ2) is 5.56. The van der Waals surface area contributed by atoms with E-state index in [1.807, 2.05) is 25.3 Å². The van der Waals surface area contributed by atoms with Crippen molar-refractivity contribution in [2.24, 2.45) is 0 Å². The van der Waals surface area contributed by atoms with E-state index in [0.717, 1.165) is 16.3 Å². The Labute approximate surface area is 127 Å². The summed E-state index contributed by atoms with van der Waals surface area (Å²) in [5.41, 5.74) is 2.12. The maximum atomic E-state index is 12.6. The van der Waals surface area contributed by atoms with Gasteiger partial charge in [-0.15, -0.1) is 0 Å². The lowest BCUT2D eigenvalue weighted by molar-refractivity contribution is -0.125. The number of carbonyl (C=O) groups is 1. The van der Waals surface area contributed by atoms with E-state index in [2.05, 4.69) is 19.6 Å². The summed E-state index contributed by atoms with van der Waals surface area (Å²) in [5, 5.41) is 0.941. The Morgan fingerprint density at radius 2 is 1.67 bits per heavy atom. The normalized spacial score (nSPS) is 15.2. The van der Waals surface area contributed by atoms with E-state index in [0.29, 0.717) is 18.0 Å². The van der Waals surface area contributed by atoms with E-state index in [4.69, 9.17) is 9.47 Å². The lowest BCUT2D eigenvalue weighted by atomic mass is 10.1. The van der Waals surface area contributed by atoms with Gasteiger partial charge in [-0.3, -0.25) is 4.79 Å². The summed E-state index contributed by atoms with van der Waals surface area (Å²) in [6.07, 6.45) is 2.04. The van der Waals surface area contributed by atoms with Gasteiger partial charge in [-0.25, -0.2) is 0 Å². The van der Waals surface area contributed by atoms with E-state index < -0.39 is 8.07 Å². The van der Waals surface area contributed by atoms with Crippen molar-refractivity contribution in [1.29, 1.82) is 0 Å². The highest BCUT2D eigenvalue weighted by Crippen LogP contribution is 2.35. The van der Waals surface area contributed by atoms with Gasteiger partial charge in [0.1, 0.15) is 0 Å². The maximum absolute atomic E-state index is 12.6. The molecule has 5 heteroatoms. The Bertz CT molecular complexity index is 602. The standard InChI is InChI=1S/C16H23NO3Si/c1-17-10-12-8-14(20-3)13(19-2)7-11(12)9-15(16(17)18)21(4,5)6/h7-9H,10H2,1-6H3. The van der Waals surface area contributed by atoms with Crippen LogP contribution < -0.4 is 9.47 Å². The fraction of sp³-hybridized carbons (Fsp3) is 0.438. The summed E-state index contributed by atoms with van der Waals surface area (Å²) in [4.78, 5) is 14.4.